The number of phenols is 1. The fraction of sp³-hybridized carbons (Fsp3) is 0.333. The molecule has 0 fully saturated rings. The van der Waals surface area contributed by atoms with Gasteiger partial charge in [0, 0.05) is 12.6 Å². The molecule has 0 atom stereocenters. The Morgan fingerprint density at radius 2 is 2.29 bits per heavy atom. The van der Waals surface area contributed by atoms with Gasteiger partial charge in [0.25, 0.3) is 5.69 Å². The highest BCUT2D eigenvalue weighted by atomic mass is 16.6. The largest absolute Gasteiger partial charge is 0.506 e. The zero-order valence-electron chi connectivity index (χ0n) is 7.86. The van der Waals surface area contributed by atoms with Crippen LogP contribution < -0.4 is 5.32 Å². The molecule has 0 saturated carbocycles. The van der Waals surface area contributed by atoms with Crippen LogP contribution in [0.5, 0.6) is 5.75 Å². The van der Waals surface area contributed by atoms with E-state index in [9.17, 15) is 15.2 Å². The van der Waals surface area contributed by atoms with Gasteiger partial charge in [-0.15, -0.1) is 0 Å². The maximum atomic E-state index is 10.6. The number of benzene rings is 1. The van der Waals surface area contributed by atoms with Gasteiger partial charge in [0.1, 0.15) is 5.75 Å². The summed E-state index contributed by atoms with van der Waals surface area (Å²) < 4.78 is 0. The van der Waals surface area contributed by atoms with E-state index in [1.165, 1.54) is 18.2 Å². The lowest BCUT2D eigenvalue weighted by atomic mass is 10.2. The molecule has 0 aromatic heterocycles. The molecule has 0 radical (unpaired) electrons. The molecule has 0 saturated heterocycles. The third-order valence-corrected chi connectivity index (χ3v) is 1.77. The van der Waals surface area contributed by atoms with Crippen LogP contribution in [0.4, 0.5) is 11.4 Å². The number of rotatable bonds is 4. The van der Waals surface area contributed by atoms with E-state index < -0.39 is 4.92 Å². The molecule has 1 aromatic rings. The van der Waals surface area contributed by atoms with E-state index in [0.717, 1.165) is 6.42 Å². The number of phenolic OH excluding ortho intramolecular Hbond substituents is 1. The van der Waals surface area contributed by atoms with Crippen LogP contribution in [0.2, 0.25) is 0 Å². The van der Waals surface area contributed by atoms with Crippen molar-refractivity contribution in [3.63, 3.8) is 0 Å². The number of anilines is 1. The number of nitrogens with zero attached hydrogens (tertiary/aromatic N) is 1. The lowest BCUT2D eigenvalue weighted by molar-refractivity contribution is -0.384. The summed E-state index contributed by atoms with van der Waals surface area (Å²) in [6.07, 6.45) is 0.839. The molecule has 5 heteroatoms. The third-order valence-electron chi connectivity index (χ3n) is 1.77. The fourth-order valence-electron chi connectivity index (χ4n) is 1.11. The van der Waals surface area contributed by atoms with Gasteiger partial charge in [0.05, 0.1) is 4.92 Å². The first-order valence-corrected chi connectivity index (χ1v) is 4.37. The number of para-hydroxylation sites is 1. The smallest absolute Gasteiger partial charge is 0.296 e. The fourth-order valence-corrected chi connectivity index (χ4v) is 1.11. The zero-order chi connectivity index (χ0) is 10.6. The molecule has 76 valence electrons. The van der Waals surface area contributed by atoms with Gasteiger partial charge in [-0.3, -0.25) is 10.1 Å². The molecule has 1 aromatic carbocycles. The van der Waals surface area contributed by atoms with E-state index in [0.29, 0.717) is 6.54 Å². The molecule has 0 unspecified atom stereocenters. The maximum absolute atomic E-state index is 10.6. The minimum Gasteiger partial charge on any atom is -0.506 e. The second-order valence-corrected chi connectivity index (χ2v) is 2.86. The normalized spacial score (nSPS) is 9.79. The Hall–Kier alpha value is -1.78. The van der Waals surface area contributed by atoms with Crippen molar-refractivity contribution in [2.45, 2.75) is 13.3 Å². The summed E-state index contributed by atoms with van der Waals surface area (Å²) >= 11 is 0. The van der Waals surface area contributed by atoms with Gasteiger partial charge in [-0.05, 0) is 12.5 Å². The Bertz CT molecular complexity index is 339. The Kier molecular flexibility index (Phi) is 3.28. The predicted octanol–water partition coefficient (Wildman–Crippen LogP) is 2.12. The molecule has 5 nitrogen and oxygen atoms in total. The van der Waals surface area contributed by atoms with Gasteiger partial charge in [-0.2, -0.15) is 0 Å². The number of nitrogens with one attached hydrogen (secondary N) is 1. The minimum atomic E-state index is -0.516. The topological polar surface area (TPSA) is 75.4 Å². The van der Waals surface area contributed by atoms with E-state index in [-0.39, 0.29) is 17.1 Å². The van der Waals surface area contributed by atoms with Crippen LogP contribution in [-0.2, 0) is 0 Å². The van der Waals surface area contributed by atoms with Gasteiger partial charge in [0.15, 0.2) is 5.69 Å². The first-order valence-electron chi connectivity index (χ1n) is 4.37. The molecule has 0 aliphatic rings. The summed E-state index contributed by atoms with van der Waals surface area (Å²) in [5.41, 5.74) is 0.0952. The molecule has 0 spiro atoms. The van der Waals surface area contributed by atoms with Crippen molar-refractivity contribution in [2.24, 2.45) is 0 Å². The Labute approximate surface area is 81.5 Å². The van der Waals surface area contributed by atoms with E-state index in [2.05, 4.69) is 5.32 Å². The summed E-state index contributed by atoms with van der Waals surface area (Å²) in [4.78, 5) is 10.1. The van der Waals surface area contributed by atoms with Gasteiger partial charge in [-0.1, -0.05) is 13.0 Å². The highest BCUT2D eigenvalue weighted by molar-refractivity contribution is 5.69. The molecule has 1 rings (SSSR count). The predicted molar refractivity (Wildman–Crippen MR) is 53.5 cm³/mol. The lowest BCUT2D eigenvalue weighted by Crippen LogP contribution is -2.03. The molecule has 0 aliphatic carbocycles. The Morgan fingerprint density at radius 1 is 1.57 bits per heavy atom. The van der Waals surface area contributed by atoms with Gasteiger partial charge >= 0.3 is 0 Å². The molecule has 0 bridgehead atoms. The van der Waals surface area contributed by atoms with Crippen molar-refractivity contribution in [2.75, 3.05) is 11.9 Å². The molecule has 14 heavy (non-hydrogen) atoms. The van der Waals surface area contributed by atoms with E-state index in [1.54, 1.807) is 0 Å². The third kappa shape index (κ3) is 2.12. The second kappa shape index (κ2) is 4.45. The summed E-state index contributed by atoms with van der Waals surface area (Å²) in [6.45, 7) is 2.54. The first-order chi connectivity index (χ1) is 6.66. The standard InChI is InChI=1S/C9H12N2O3/c1-2-6-10-9-7(11(13)14)4-3-5-8(9)12/h3-5,10,12H,2,6H2,1H3. The van der Waals surface area contributed by atoms with Crippen LogP contribution in [0.25, 0.3) is 0 Å². The number of nitro groups is 1. The highest BCUT2D eigenvalue weighted by Crippen LogP contribution is 2.32. The summed E-state index contributed by atoms with van der Waals surface area (Å²) in [6, 6.07) is 4.23. The number of nitro benzene ring substituents is 1. The molecule has 0 amide bonds. The summed E-state index contributed by atoms with van der Waals surface area (Å²) in [5, 5.41) is 22.8. The van der Waals surface area contributed by atoms with Crippen LogP contribution in [0.15, 0.2) is 18.2 Å². The van der Waals surface area contributed by atoms with Gasteiger partial charge in [0.2, 0.25) is 0 Å². The SMILES string of the molecule is CCCNc1c(O)cccc1[N+](=O)[O-]. The van der Waals surface area contributed by atoms with Crippen LogP contribution >= 0.6 is 0 Å². The van der Waals surface area contributed by atoms with Crippen molar-refractivity contribution >= 4 is 11.4 Å². The van der Waals surface area contributed by atoms with Gasteiger partial charge < -0.3 is 10.4 Å². The van der Waals surface area contributed by atoms with Crippen molar-refractivity contribution in [1.29, 1.82) is 0 Å². The molecular formula is C9H12N2O3. The van der Waals surface area contributed by atoms with Crippen molar-refractivity contribution in [3.8, 4) is 5.75 Å². The lowest BCUT2D eigenvalue weighted by Gasteiger charge is -2.06. The quantitative estimate of drug-likeness (QED) is 0.439. The average molecular weight is 196 g/mol. The highest BCUT2D eigenvalue weighted by Gasteiger charge is 2.15. The number of hydrogen-bond donors (Lipinski definition) is 2. The van der Waals surface area contributed by atoms with Crippen LogP contribution in [0.3, 0.4) is 0 Å². The summed E-state index contributed by atoms with van der Waals surface area (Å²) in [5.74, 6) is -0.0901. The van der Waals surface area contributed by atoms with Crippen molar-refractivity contribution in [1.82, 2.24) is 0 Å². The molecule has 2 N–H and O–H groups in total. The van der Waals surface area contributed by atoms with Crippen LogP contribution in [0, 0.1) is 10.1 Å². The number of aromatic hydroxyl groups is 1. The molecule has 0 heterocycles. The zero-order valence-corrected chi connectivity index (χ0v) is 7.86. The second-order valence-electron chi connectivity index (χ2n) is 2.86. The Balaban J connectivity index is 3.02. The Morgan fingerprint density at radius 3 is 2.86 bits per heavy atom. The van der Waals surface area contributed by atoms with E-state index >= 15 is 0 Å². The molecular weight excluding hydrogens is 184 g/mol. The van der Waals surface area contributed by atoms with Crippen LogP contribution in [0.1, 0.15) is 13.3 Å². The van der Waals surface area contributed by atoms with E-state index in [4.69, 9.17) is 0 Å². The van der Waals surface area contributed by atoms with E-state index in [1.807, 2.05) is 6.92 Å². The first kappa shape index (κ1) is 10.3. The van der Waals surface area contributed by atoms with Crippen molar-refractivity contribution in [3.05, 3.63) is 28.3 Å². The average Bonchev–Trinajstić information content (AvgIpc) is 2.15. The van der Waals surface area contributed by atoms with Gasteiger partial charge in [-0.25, -0.2) is 0 Å². The summed E-state index contributed by atoms with van der Waals surface area (Å²) in [7, 11) is 0. The minimum absolute atomic E-state index is 0.0901. The monoisotopic (exact) mass is 196 g/mol. The van der Waals surface area contributed by atoms with Crippen LogP contribution in [-0.4, -0.2) is 16.6 Å². The molecule has 0 aliphatic heterocycles. The van der Waals surface area contributed by atoms with Crippen molar-refractivity contribution < 1.29 is 10.0 Å². The maximum Gasteiger partial charge on any atom is 0.296 e. The number of hydrogen-bond acceptors (Lipinski definition) is 4.